The van der Waals surface area contributed by atoms with Crippen molar-refractivity contribution in [3.8, 4) is 0 Å². The Morgan fingerprint density at radius 1 is 0.964 bits per heavy atom. The van der Waals surface area contributed by atoms with Gasteiger partial charge in [0, 0.05) is 55.9 Å². The molecule has 4 heteroatoms. The number of likely N-dealkylation sites (tertiary alicyclic amines) is 1. The Kier molecular flexibility index (Phi) is 4.85. The zero-order valence-corrected chi connectivity index (χ0v) is 16.7. The summed E-state index contributed by atoms with van der Waals surface area (Å²) in [7, 11) is 0. The summed E-state index contributed by atoms with van der Waals surface area (Å²) in [4.78, 5) is 9.38. The van der Waals surface area contributed by atoms with Crippen molar-refractivity contribution in [2.45, 2.75) is 56.6 Å². The van der Waals surface area contributed by atoms with Gasteiger partial charge in [-0.25, -0.2) is 0 Å². The van der Waals surface area contributed by atoms with E-state index in [4.69, 9.17) is 0 Å². The number of benzene rings is 1. The van der Waals surface area contributed by atoms with Gasteiger partial charge in [-0.15, -0.1) is 0 Å². The second-order valence-corrected chi connectivity index (χ2v) is 8.83. The molecule has 2 aromatic rings. The van der Waals surface area contributed by atoms with Gasteiger partial charge in [-0.05, 0) is 74.3 Å². The Bertz CT molecular complexity index is 806. The van der Waals surface area contributed by atoms with Crippen LogP contribution in [0.15, 0.2) is 42.7 Å². The highest BCUT2D eigenvalue weighted by molar-refractivity contribution is 5.52. The van der Waals surface area contributed by atoms with Crippen LogP contribution < -0.4 is 4.90 Å². The quantitative estimate of drug-likeness (QED) is 0.888. The van der Waals surface area contributed by atoms with E-state index in [1.807, 2.05) is 18.3 Å². The Morgan fingerprint density at radius 2 is 1.75 bits per heavy atom. The van der Waals surface area contributed by atoms with Crippen molar-refractivity contribution in [2.75, 3.05) is 31.1 Å². The molecule has 1 aromatic carbocycles. The average molecular weight is 378 g/mol. The first-order valence-electron chi connectivity index (χ1n) is 10.9. The molecule has 2 fully saturated rings. The lowest BCUT2D eigenvalue weighted by Gasteiger charge is -2.45. The molecule has 0 radical (unpaired) electrons. The maximum atomic E-state index is 11.1. The molecule has 0 spiro atoms. The number of nitrogens with zero attached hydrogens (tertiary/aromatic N) is 3. The predicted molar refractivity (Wildman–Crippen MR) is 113 cm³/mol. The molecule has 4 nitrogen and oxygen atoms in total. The van der Waals surface area contributed by atoms with Crippen LogP contribution in [0.5, 0.6) is 0 Å². The van der Waals surface area contributed by atoms with Gasteiger partial charge in [0.05, 0.1) is 5.60 Å². The third-order valence-electron chi connectivity index (χ3n) is 7.25. The fourth-order valence-electron chi connectivity index (χ4n) is 5.43. The maximum Gasteiger partial charge on any atom is 0.0935 e. The first kappa shape index (κ1) is 18.1. The molecule has 2 aliphatic heterocycles. The number of aromatic nitrogens is 1. The highest BCUT2D eigenvalue weighted by atomic mass is 16.3. The molecule has 28 heavy (non-hydrogen) atoms. The maximum absolute atomic E-state index is 11.1. The molecular formula is C24H31N3O. The fraction of sp³-hybridized carbons (Fsp3) is 0.542. The lowest BCUT2D eigenvalue weighted by molar-refractivity contribution is -0.0381. The normalized spacial score (nSPS) is 23.0. The summed E-state index contributed by atoms with van der Waals surface area (Å²) < 4.78 is 0. The second kappa shape index (κ2) is 7.49. The number of fused-ring (bicyclic) bond motifs is 1. The Balaban J connectivity index is 1.17. The predicted octanol–water partition coefficient (Wildman–Crippen LogP) is 3.52. The van der Waals surface area contributed by atoms with Crippen molar-refractivity contribution in [1.29, 1.82) is 0 Å². The number of pyridine rings is 1. The zero-order chi connectivity index (χ0) is 19.0. The van der Waals surface area contributed by atoms with Crippen LogP contribution in [0.1, 0.15) is 48.8 Å². The molecule has 0 saturated carbocycles. The zero-order valence-electron chi connectivity index (χ0n) is 16.7. The van der Waals surface area contributed by atoms with Gasteiger partial charge in [0.2, 0.25) is 0 Å². The minimum absolute atomic E-state index is 0.657. The summed E-state index contributed by atoms with van der Waals surface area (Å²) in [6.45, 7) is 4.25. The molecule has 148 valence electrons. The average Bonchev–Trinajstić information content (AvgIpc) is 3.23. The lowest BCUT2D eigenvalue weighted by atomic mass is 9.84. The van der Waals surface area contributed by atoms with E-state index in [1.165, 1.54) is 37.8 Å². The summed E-state index contributed by atoms with van der Waals surface area (Å²) >= 11 is 0. The van der Waals surface area contributed by atoms with Gasteiger partial charge in [-0.2, -0.15) is 0 Å². The van der Waals surface area contributed by atoms with Gasteiger partial charge in [0.15, 0.2) is 0 Å². The number of aliphatic hydroxyl groups is 1. The van der Waals surface area contributed by atoms with Crippen molar-refractivity contribution in [1.82, 2.24) is 9.88 Å². The van der Waals surface area contributed by atoms with Crippen molar-refractivity contribution in [3.05, 3.63) is 59.4 Å². The number of piperidine rings is 2. The largest absolute Gasteiger partial charge is 0.385 e. The first-order chi connectivity index (χ1) is 13.7. The molecule has 0 amide bonds. The van der Waals surface area contributed by atoms with E-state index in [2.05, 4.69) is 33.0 Å². The van der Waals surface area contributed by atoms with Gasteiger partial charge in [-0.3, -0.25) is 4.98 Å². The van der Waals surface area contributed by atoms with Gasteiger partial charge < -0.3 is 14.9 Å². The molecule has 1 aromatic heterocycles. The summed E-state index contributed by atoms with van der Waals surface area (Å²) in [6.07, 6.45) is 11.5. The summed E-state index contributed by atoms with van der Waals surface area (Å²) in [5, 5.41) is 11.1. The van der Waals surface area contributed by atoms with Gasteiger partial charge >= 0.3 is 0 Å². The Labute approximate surface area is 168 Å². The van der Waals surface area contributed by atoms with E-state index >= 15 is 0 Å². The smallest absolute Gasteiger partial charge is 0.0935 e. The number of aryl methyl sites for hydroxylation is 2. The SMILES string of the molecule is OC1(c2cccnc2)CCN(C2CCN(c3ccc4c(c3)CCC4)CC2)CC1. The number of hydrogen-bond donors (Lipinski definition) is 1. The van der Waals surface area contributed by atoms with Crippen LogP contribution in [0.3, 0.4) is 0 Å². The van der Waals surface area contributed by atoms with E-state index in [9.17, 15) is 5.11 Å². The van der Waals surface area contributed by atoms with E-state index in [0.29, 0.717) is 6.04 Å². The Morgan fingerprint density at radius 3 is 2.50 bits per heavy atom. The summed E-state index contributed by atoms with van der Waals surface area (Å²) in [6, 6.07) is 11.7. The summed E-state index contributed by atoms with van der Waals surface area (Å²) in [5.41, 5.74) is 4.83. The number of rotatable bonds is 3. The molecule has 5 rings (SSSR count). The first-order valence-corrected chi connectivity index (χ1v) is 10.9. The fourth-order valence-corrected chi connectivity index (χ4v) is 5.43. The van der Waals surface area contributed by atoms with Crippen LogP contribution in [-0.2, 0) is 18.4 Å². The molecule has 0 atom stereocenters. The number of anilines is 1. The lowest BCUT2D eigenvalue weighted by Crippen LogP contribution is -2.50. The van der Waals surface area contributed by atoms with E-state index in [-0.39, 0.29) is 0 Å². The molecular weight excluding hydrogens is 346 g/mol. The molecule has 3 aliphatic rings. The third-order valence-corrected chi connectivity index (χ3v) is 7.25. The van der Waals surface area contributed by atoms with Crippen molar-refractivity contribution in [2.24, 2.45) is 0 Å². The number of hydrogen-bond acceptors (Lipinski definition) is 4. The minimum Gasteiger partial charge on any atom is -0.385 e. The van der Waals surface area contributed by atoms with E-state index in [0.717, 1.165) is 44.6 Å². The van der Waals surface area contributed by atoms with E-state index < -0.39 is 5.60 Å². The molecule has 1 aliphatic carbocycles. The molecule has 1 N–H and O–H groups in total. The van der Waals surface area contributed by atoms with Crippen molar-refractivity contribution >= 4 is 5.69 Å². The van der Waals surface area contributed by atoms with Gasteiger partial charge in [0.1, 0.15) is 0 Å². The molecule has 0 bridgehead atoms. The highest BCUT2D eigenvalue weighted by Crippen LogP contribution is 2.35. The topological polar surface area (TPSA) is 39.6 Å². The third kappa shape index (κ3) is 3.44. The molecule has 0 unspecified atom stereocenters. The highest BCUT2D eigenvalue weighted by Gasteiger charge is 2.37. The van der Waals surface area contributed by atoms with Crippen LogP contribution in [0.4, 0.5) is 5.69 Å². The monoisotopic (exact) mass is 377 g/mol. The van der Waals surface area contributed by atoms with Crippen LogP contribution >= 0.6 is 0 Å². The minimum atomic E-state index is -0.699. The van der Waals surface area contributed by atoms with Crippen LogP contribution in [-0.4, -0.2) is 47.2 Å². The van der Waals surface area contributed by atoms with Gasteiger partial charge in [-0.1, -0.05) is 12.1 Å². The molecule has 3 heterocycles. The Hall–Kier alpha value is -1.91. The van der Waals surface area contributed by atoms with E-state index in [1.54, 1.807) is 17.3 Å². The van der Waals surface area contributed by atoms with Crippen LogP contribution in [0.25, 0.3) is 0 Å². The second-order valence-electron chi connectivity index (χ2n) is 8.83. The van der Waals surface area contributed by atoms with Crippen molar-refractivity contribution in [3.63, 3.8) is 0 Å². The molecule has 2 saturated heterocycles. The standard InChI is InChI=1S/C24H31N3O/c28-24(21-5-2-12-25-18-21)10-15-27(16-11-24)22-8-13-26(14-9-22)23-7-6-19-3-1-4-20(19)17-23/h2,5-7,12,17-18,22,28H,1,3-4,8-11,13-16H2. The summed E-state index contributed by atoms with van der Waals surface area (Å²) in [5.74, 6) is 0. The van der Waals surface area contributed by atoms with Crippen molar-refractivity contribution < 1.29 is 5.11 Å². The van der Waals surface area contributed by atoms with Crippen LogP contribution in [0, 0.1) is 0 Å². The van der Waals surface area contributed by atoms with Crippen LogP contribution in [0.2, 0.25) is 0 Å². The van der Waals surface area contributed by atoms with Gasteiger partial charge in [0.25, 0.3) is 0 Å².